The van der Waals surface area contributed by atoms with Gasteiger partial charge >= 0.3 is 0 Å². The highest BCUT2D eigenvalue weighted by atomic mass is 35.5. The van der Waals surface area contributed by atoms with Crippen molar-refractivity contribution >= 4 is 44.4 Å². The predicted octanol–water partition coefficient (Wildman–Crippen LogP) is 4.94. The maximum absolute atomic E-state index is 12.8. The number of nitrogens with one attached hydrogen (secondary N) is 1. The lowest BCUT2D eigenvalue weighted by molar-refractivity contribution is 0.102. The maximum Gasteiger partial charge on any atom is 0.267 e. The lowest BCUT2D eigenvalue weighted by Crippen LogP contribution is -2.15. The fourth-order valence-electron chi connectivity index (χ4n) is 2.41. The Hall–Kier alpha value is -2.15. The summed E-state index contributed by atoms with van der Waals surface area (Å²) in [6, 6.07) is 15.4. The lowest BCUT2D eigenvalue weighted by Gasteiger charge is -2.08. The van der Waals surface area contributed by atoms with E-state index in [0.29, 0.717) is 16.3 Å². The smallest absolute Gasteiger partial charge is 0.267 e. The molecule has 1 N–H and O–H groups in total. The Balaban J connectivity index is 1.83. The van der Waals surface area contributed by atoms with Gasteiger partial charge < -0.3 is 5.32 Å². The number of benzene rings is 2. The fourth-order valence-corrected chi connectivity index (χ4v) is 5.27. The first-order valence-electron chi connectivity index (χ1n) is 7.78. The van der Waals surface area contributed by atoms with Crippen molar-refractivity contribution in [2.45, 2.75) is 17.6 Å². The number of sulfone groups is 1. The van der Waals surface area contributed by atoms with Crippen LogP contribution in [0.4, 0.5) is 5.69 Å². The van der Waals surface area contributed by atoms with Crippen LogP contribution in [0.15, 0.2) is 64.9 Å². The number of aryl methyl sites for hydroxylation is 1. The molecule has 0 radical (unpaired) electrons. The van der Waals surface area contributed by atoms with E-state index < -0.39 is 15.7 Å². The Morgan fingerprint density at radius 3 is 2.35 bits per heavy atom. The summed E-state index contributed by atoms with van der Waals surface area (Å²) in [4.78, 5) is 12.8. The zero-order chi connectivity index (χ0) is 18.7. The van der Waals surface area contributed by atoms with Gasteiger partial charge in [-0.1, -0.05) is 41.4 Å². The molecule has 1 amide bonds. The van der Waals surface area contributed by atoms with Crippen molar-refractivity contribution in [1.29, 1.82) is 0 Å². The molecule has 0 bridgehead atoms. The summed E-state index contributed by atoms with van der Waals surface area (Å²) in [5.74, 6) is -0.621. The molecular formula is C19H16ClNO3S2. The fraction of sp³-hybridized carbons (Fsp3) is 0.105. The van der Waals surface area contributed by atoms with Crippen LogP contribution in [0.1, 0.15) is 20.8 Å². The highest BCUT2D eigenvalue weighted by Crippen LogP contribution is 2.27. The van der Waals surface area contributed by atoms with Gasteiger partial charge in [0.2, 0.25) is 0 Å². The molecule has 3 aromatic rings. The molecule has 0 unspecified atom stereocenters. The van der Waals surface area contributed by atoms with Gasteiger partial charge in [0.15, 0.2) is 9.84 Å². The molecule has 0 fully saturated rings. The van der Waals surface area contributed by atoms with E-state index in [1.807, 2.05) is 19.1 Å². The first kappa shape index (κ1) is 18.6. The summed E-state index contributed by atoms with van der Waals surface area (Å²) in [6.07, 6.45) is 0. The number of halogens is 1. The van der Waals surface area contributed by atoms with Crippen molar-refractivity contribution in [2.75, 3.05) is 5.32 Å². The van der Waals surface area contributed by atoms with E-state index >= 15 is 0 Å². The van der Waals surface area contributed by atoms with Crippen LogP contribution in [0.25, 0.3) is 0 Å². The Kier molecular flexibility index (Phi) is 5.46. The molecule has 0 saturated carbocycles. The number of carbonyl (C=O) groups excluding carboxylic acids is 1. The number of rotatable bonds is 5. The van der Waals surface area contributed by atoms with E-state index in [1.54, 1.807) is 41.8 Å². The Bertz CT molecular complexity index is 1020. The van der Waals surface area contributed by atoms with Gasteiger partial charge in [0.25, 0.3) is 5.91 Å². The monoisotopic (exact) mass is 405 g/mol. The van der Waals surface area contributed by atoms with E-state index in [9.17, 15) is 13.2 Å². The van der Waals surface area contributed by atoms with Crippen LogP contribution in [0, 0.1) is 6.92 Å². The van der Waals surface area contributed by atoms with Crippen LogP contribution in [-0.4, -0.2) is 14.3 Å². The van der Waals surface area contributed by atoms with Gasteiger partial charge in [0.05, 0.1) is 10.6 Å². The quantitative estimate of drug-likeness (QED) is 0.654. The van der Waals surface area contributed by atoms with Crippen LogP contribution in [0.5, 0.6) is 0 Å². The molecule has 7 heteroatoms. The van der Waals surface area contributed by atoms with Crippen molar-refractivity contribution in [3.8, 4) is 0 Å². The zero-order valence-electron chi connectivity index (χ0n) is 13.9. The van der Waals surface area contributed by atoms with Gasteiger partial charge in [0.1, 0.15) is 4.88 Å². The van der Waals surface area contributed by atoms with Crippen molar-refractivity contribution in [3.63, 3.8) is 0 Å². The minimum atomic E-state index is -3.65. The average molecular weight is 406 g/mol. The standard InChI is InChI=1S/C19H16ClNO3S2/c1-13-2-8-16(9-3-13)21-19(22)18-17(10-11-25-18)26(23,24)12-14-4-6-15(20)7-5-14/h2-11H,12H2,1H3,(H,21,22). The molecule has 1 aromatic heterocycles. The Morgan fingerprint density at radius 2 is 1.69 bits per heavy atom. The van der Waals surface area contributed by atoms with E-state index in [0.717, 1.165) is 16.9 Å². The molecule has 0 aliphatic heterocycles. The van der Waals surface area contributed by atoms with Crippen LogP contribution in [0.2, 0.25) is 5.02 Å². The van der Waals surface area contributed by atoms with Gasteiger partial charge in [-0.15, -0.1) is 11.3 Å². The predicted molar refractivity (Wildman–Crippen MR) is 106 cm³/mol. The molecule has 26 heavy (non-hydrogen) atoms. The molecular weight excluding hydrogens is 390 g/mol. The van der Waals surface area contributed by atoms with Crippen LogP contribution >= 0.6 is 22.9 Å². The normalized spacial score (nSPS) is 11.3. The molecule has 0 aliphatic carbocycles. The highest BCUT2D eigenvalue weighted by molar-refractivity contribution is 7.90. The maximum atomic E-state index is 12.8. The first-order chi connectivity index (χ1) is 12.3. The van der Waals surface area contributed by atoms with Crippen molar-refractivity contribution in [1.82, 2.24) is 0 Å². The van der Waals surface area contributed by atoms with Gasteiger partial charge in [-0.2, -0.15) is 0 Å². The SMILES string of the molecule is Cc1ccc(NC(=O)c2sccc2S(=O)(=O)Cc2ccc(Cl)cc2)cc1. The van der Waals surface area contributed by atoms with Crippen molar-refractivity contribution in [2.24, 2.45) is 0 Å². The summed E-state index contributed by atoms with van der Waals surface area (Å²) in [6.45, 7) is 1.95. The second-order valence-corrected chi connectivity index (χ2v) is 9.13. The topological polar surface area (TPSA) is 63.2 Å². The highest BCUT2D eigenvalue weighted by Gasteiger charge is 2.24. The van der Waals surface area contributed by atoms with Gasteiger partial charge in [-0.3, -0.25) is 4.79 Å². The summed E-state index contributed by atoms with van der Waals surface area (Å²) >= 11 is 6.94. The van der Waals surface area contributed by atoms with Crippen LogP contribution < -0.4 is 5.32 Å². The van der Waals surface area contributed by atoms with E-state index in [4.69, 9.17) is 11.6 Å². The number of carbonyl (C=O) groups is 1. The second-order valence-electron chi connectivity index (χ2n) is 5.82. The lowest BCUT2D eigenvalue weighted by atomic mass is 10.2. The van der Waals surface area contributed by atoms with Gasteiger partial charge in [-0.05, 0) is 48.2 Å². The largest absolute Gasteiger partial charge is 0.321 e. The molecule has 0 saturated heterocycles. The summed E-state index contributed by atoms with van der Waals surface area (Å²) in [5.41, 5.74) is 2.31. The molecule has 0 spiro atoms. The number of amides is 1. The third-order valence-corrected chi connectivity index (χ3v) is 6.77. The Morgan fingerprint density at radius 1 is 1.04 bits per heavy atom. The average Bonchev–Trinajstić information content (AvgIpc) is 3.10. The summed E-state index contributed by atoms with van der Waals surface area (Å²) in [7, 11) is -3.65. The molecule has 2 aromatic carbocycles. The number of hydrogen-bond acceptors (Lipinski definition) is 4. The van der Waals surface area contributed by atoms with Crippen LogP contribution in [0.3, 0.4) is 0 Å². The number of hydrogen-bond donors (Lipinski definition) is 1. The van der Waals surface area contributed by atoms with Crippen molar-refractivity contribution in [3.05, 3.63) is 81.0 Å². The molecule has 4 nitrogen and oxygen atoms in total. The minimum Gasteiger partial charge on any atom is -0.321 e. The molecule has 1 heterocycles. The van der Waals surface area contributed by atoms with Crippen molar-refractivity contribution < 1.29 is 13.2 Å². The van der Waals surface area contributed by atoms with E-state index in [-0.39, 0.29) is 15.5 Å². The molecule has 3 rings (SSSR count). The number of anilines is 1. The third-order valence-electron chi connectivity index (χ3n) is 3.75. The molecule has 134 valence electrons. The third kappa shape index (κ3) is 4.33. The Labute approximate surface area is 161 Å². The van der Waals surface area contributed by atoms with Crippen LogP contribution in [-0.2, 0) is 15.6 Å². The summed E-state index contributed by atoms with van der Waals surface area (Å²) in [5, 5.41) is 4.90. The first-order valence-corrected chi connectivity index (χ1v) is 10.7. The molecule has 0 atom stereocenters. The second kappa shape index (κ2) is 7.61. The van der Waals surface area contributed by atoms with E-state index in [2.05, 4.69) is 5.32 Å². The molecule has 0 aliphatic rings. The van der Waals surface area contributed by atoms with Gasteiger partial charge in [-0.25, -0.2) is 8.42 Å². The zero-order valence-corrected chi connectivity index (χ0v) is 16.3. The van der Waals surface area contributed by atoms with Gasteiger partial charge in [0, 0.05) is 10.7 Å². The summed E-state index contributed by atoms with van der Waals surface area (Å²) < 4.78 is 25.5. The minimum absolute atomic E-state index is 0.0436. The van der Waals surface area contributed by atoms with E-state index in [1.165, 1.54) is 6.07 Å². The number of thiophene rings is 1.